The lowest BCUT2D eigenvalue weighted by molar-refractivity contribution is 0.380. The standard InChI is InChI=1S/C14H19Cl2N/c1-10(11-5-2-3-6-11)17-9-12-13(15)7-4-8-14(12)16/h4,7-8,10-11,17H,2-3,5-6,9H2,1H3/t10-/m1/s1. The van der Waals surface area contributed by atoms with E-state index in [2.05, 4.69) is 12.2 Å². The first-order chi connectivity index (χ1) is 8.18. The molecule has 1 nitrogen and oxygen atoms in total. The van der Waals surface area contributed by atoms with Crippen LogP contribution >= 0.6 is 23.2 Å². The minimum atomic E-state index is 0.546. The highest BCUT2D eigenvalue weighted by Gasteiger charge is 2.21. The maximum Gasteiger partial charge on any atom is 0.0465 e. The van der Waals surface area contributed by atoms with Crippen molar-refractivity contribution in [1.29, 1.82) is 0 Å². The maximum atomic E-state index is 6.15. The minimum absolute atomic E-state index is 0.546. The van der Waals surface area contributed by atoms with Gasteiger partial charge in [0, 0.05) is 28.2 Å². The molecule has 3 heteroatoms. The molecule has 94 valence electrons. The fourth-order valence-corrected chi connectivity index (χ4v) is 3.12. The SMILES string of the molecule is C[C@@H](NCc1c(Cl)cccc1Cl)C1CCCC1. The van der Waals surface area contributed by atoms with Crippen LogP contribution in [0.3, 0.4) is 0 Å². The molecule has 1 saturated carbocycles. The average molecular weight is 272 g/mol. The molecule has 0 heterocycles. The van der Waals surface area contributed by atoms with E-state index < -0.39 is 0 Å². The van der Waals surface area contributed by atoms with Crippen molar-refractivity contribution < 1.29 is 0 Å². The van der Waals surface area contributed by atoms with Crippen LogP contribution in [0.2, 0.25) is 10.0 Å². The smallest absolute Gasteiger partial charge is 0.0465 e. The van der Waals surface area contributed by atoms with Crippen molar-refractivity contribution in [2.45, 2.75) is 45.2 Å². The van der Waals surface area contributed by atoms with E-state index in [1.807, 2.05) is 18.2 Å². The van der Waals surface area contributed by atoms with Crippen LogP contribution in [0, 0.1) is 5.92 Å². The Morgan fingerprint density at radius 3 is 2.41 bits per heavy atom. The van der Waals surface area contributed by atoms with Crippen molar-refractivity contribution in [3.05, 3.63) is 33.8 Å². The fourth-order valence-electron chi connectivity index (χ4n) is 2.59. The molecule has 17 heavy (non-hydrogen) atoms. The summed E-state index contributed by atoms with van der Waals surface area (Å²) in [6, 6.07) is 6.22. The van der Waals surface area contributed by atoms with Gasteiger partial charge in [-0.3, -0.25) is 0 Å². The Kier molecular flexibility index (Phi) is 4.72. The van der Waals surface area contributed by atoms with Crippen LogP contribution in [0.25, 0.3) is 0 Å². The number of hydrogen-bond acceptors (Lipinski definition) is 1. The van der Waals surface area contributed by atoms with Gasteiger partial charge in [0.1, 0.15) is 0 Å². The van der Waals surface area contributed by atoms with Crippen molar-refractivity contribution in [3.63, 3.8) is 0 Å². The predicted octanol–water partition coefficient (Wildman–Crippen LogP) is 4.66. The zero-order valence-electron chi connectivity index (χ0n) is 10.2. The Labute approximate surface area is 114 Å². The third kappa shape index (κ3) is 3.37. The molecule has 1 N–H and O–H groups in total. The first-order valence-corrected chi connectivity index (χ1v) is 7.10. The van der Waals surface area contributed by atoms with E-state index in [1.165, 1.54) is 25.7 Å². The summed E-state index contributed by atoms with van der Waals surface area (Å²) in [7, 11) is 0. The normalized spacial score (nSPS) is 18.5. The zero-order valence-corrected chi connectivity index (χ0v) is 11.7. The summed E-state index contributed by atoms with van der Waals surface area (Å²) in [5.41, 5.74) is 1.01. The second-order valence-corrected chi connectivity index (χ2v) is 5.73. The molecule has 1 fully saturated rings. The molecule has 1 aliphatic carbocycles. The van der Waals surface area contributed by atoms with Crippen molar-refractivity contribution in [2.24, 2.45) is 5.92 Å². The summed E-state index contributed by atoms with van der Waals surface area (Å²) in [6.07, 6.45) is 5.46. The third-order valence-corrected chi connectivity index (χ3v) is 4.48. The molecule has 0 radical (unpaired) electrons. The Morgan fingerprint density at radius 1 is 1.24 bits per heavy atom. The summed E-state index contributed by atoms with van der Waals surface area (Å²) in [5, 5.41) is 5.06. The molecule has 1 aromatic rings. The fraction of sp³-hybridized carbons (Fsp3) is 0.571. The average Bonchev–Trinajstić information content (AvgIpc) is 2.81. The van der Waals surface area contributed by atoms with Gasteiger partial charge in [-0.25, -0.2) is 0 Å². The van der Waals surface area contributed by atoms with Gasteiger partial charge in [0.2, 0.25) is 0 Å². The van der Waals surface area contributed by atoms with Crippen LogP contribution in [0.4, 0.5) is 0 Å². The molecule has 0 saturated heterocycles. The van der Waals surface area contributed by atoms with Crippen LogP contribution < -0.4 is 5.32 Å². The molecule has 0 spiro atoms. The highest BCUT2D eigenvalue weighted by atomic mass is 35.5. The van der Waals surface area contributed by atoms with Gasteiger partial charge in [0.15, 0.2) is 0 Å². The van der Waals surface area contributed by atoms with Gasteiger partial charge in [0.25, 0.3) is 0 Å². The van der Waals surface area contributed by atoms with E-state index in [4.69, 9.17) is 23.2 Å². The summed E-state index contributed by atoms with van der Waals surface area (Å²) in [4.78, 5) is 0. The largest absolute Gasteiger partial charge is 0.310 e. The van der Waals surface area contributed by atoms with Crippen LogP contribution in [-0.4, -0.2) is 6.04 Å². The molecule has 1 aliphatic rings. The lowest BCUT2D eigenvalue weighted by Gasteiger charge is -2.21. The van der Waals surface area contributed by atoms with E-state index in [0.717, 1.165) is 28.1 Å². The Hall–Kier alpha value is -0.240. The first kappa shape index (κ1) is 13.2. The van der Waals surface area contributed by atoms with Crippen molar-refractivity contribution in [3.8, 4) is 0 Å². The highest BCUT2D eigenvalue weighted by Crippen LogP contribution is 2.28. The Balaban J connectivity index is 1.92. The number of hydrogen-bond donors (Lipinski definition) is 1. The van der Waals surface area contributed by atoms with E-state index >= 15 is 0 Å². The lowest BCUT2D eigenvalue weighted by Crippen LogP contribution is -2.31. The predicted molar refractivity (Wildman–Crippen MR) is 74.7 cm³/mol. The lowest BCUT2D eigenvalue weighted by atomic mass is 9.99. The highest BCUT2D eigenvalue weighted by molar-refractivity contribution is 6.35. The second-order valence-electron chi connectivity index (χ2n) is 4.91. The van der Waals surface area contributed by atoms with E-state index in [1.54, 1.807) is 0 Å². The molecule has 1 atom stereocenters. The van der Waals surface area contributed by atoms with Gasteiger partial charge in [0.05, 0.1) is 0 Å². The molecule has 0 bridgehead atoms. The molecular weight excluding hydrogens is 253 g/mol. The topological polar surface area (TPSA) is 12.0 Å². The van der Waals surface area contributed by atoms with E-state index in [9.17, 15) is 0 Å². The Bertz CT molecular complexity index is 352. The summed E-state index contributed by atoms with van der Waals surface area (Å²) >= 11 is 12.3. The number of nitrogens with one attached hydrogen (secondary N) is 1. The molecular formula is C14H19Cl2N. The van der Waals surface area contributed by atoms with E-state index in [0.29, 0.717) is 6.04 Å². The molecule has 0 aliphatic heterocycles. The van der Waals surface area contributed by atoms with Gasteiger partial charge < -0.3 is 5.32 Å². The van der Waals surface area contributed by atoms with Crippen molar-refractivity contribution >= 4 is 23.2 Å². The molecule has 0 unspecified atom stereocenters. The summed E-state index contributed by atoms with van der Waals surface area (Å²) < 4.78 is 0. The van der Waals surface area contributed by atoms with Crippen LogP contribution in [0.5, 0.6) is 0 Å². The quantitative estimate of drug-likeness (QED) is 0.840. The maximum absolute atomic E-state index is 6.15. The van der Waals surface area contributed by atoms with Gasteiger partial charge in [-0.05, 0) is 37.8 Å². The van der Waals surface area contributed by atoms with Gasteiger partial charge in [-0.15, -0.1) is 0 Å². The van der Waals surface area contributed by atoms with Crippen LogP contribution in [-0.2, 0) is 6.54 Å². The number of halogens is 2. The monoisotopic (exact) mass is 271 g/mol. The van der Waals surface area contributed by atoms with E-state index in [-0.39, 0.29) is 0 Å². The Morgan fingerprint density at radius 2 is 1.82 bits per heavy atom. The van der Waals surface area contributed by atoms with Crippen LogP contribution in [0.1, 0.15) is 38.2 Å². The first-order valence-electron chi connectivity index (χ1n) is 6.34. The number of benzene rings is 1. The van der Waals surface area contributed by atoms with Gasteiger partial charge in [-0.1, -0.05) is 42.1 Å². The summed E-state index contributed by atoms with van der Waals surface area (Å²) in [6.45, 7) is 3.02. The van der Waals surface area contributed by atoms with Gasteiger partial charge >= 0.3 is 0 Å². The zero-order chi connectivity index (χ0) is 12.3. The van der Waals surface area contributed by atoms with Crippen molar-refractivity contribution in [1.82, 2.24) is 5.32 Å². The summed E-state index contributed by atoms with van der Waals surface area (Å²) in [5.74, 6) is 0.816. The molecule has 1 aromatic carbocycles. The van der Waals surface area contributed by atoms with Gasteiger partial charge in [-0.2, -0.15) is 0 Å². The molecule has 0 amide bonds. The molecule has 2 rings (SSSR count). The minimum Gasteiger partial charge on any atom is -0.310 e. The third-order valence-electron chi connectivity index (χ3n) is 3.77. The van der Waals surface area contributed by atoms with Crippen LogP contribution in [0.15, 0.2) is 18.2 Å². The number of rotatable bonds is 4. The van der Waals surface area contributed by atoms with Crippen molar-refractivity contribution in [2.75, 3.05) is 0 Å². The molecule has 0 aromatic heterocycles. The second kappa shape index (κ2) is 6.08.